The number of anilines is 1. The quantitative estimate of drug-likeness (QED) is 0.446. The average Bonchev–Trinajstić information content (AvgIpc) is 2.26. The molecule has 0 spiro atoms. The first-order valence-electron chi connectivity index (χ1n) is 4.81. The van der Waals surface area contributed by atoms with Gasteiger partial charge in [-0.05, 0) is 12.1 Å². The summed E-state index contributed by atoms with van der Waals surface area (Å²) in [5, 5.41) is 2.13. The van der Waals surface area contributed by atoms with E-state index in [4.69, 9.17) is 17.4 Å². The van der Waals surface area contributed by atoms with Crippen LogP contribution in [0.1, 0.15) is 16.8 Å². The first-order valence-corrected chi connectivity index (χ1v) is 5.19. The Morgan fingerprint density at radius 1 is 1.44 bits per heavy atom. The number of nitrogen functional groups attached to an aromatic ring is 1. The molecule has 0 aliphatic heterocycles. The van der Waals surface area contributed by atoms with E-state index in [9.17, 15) is 18.0 Å². The Kier molecular flexibility index (Phi) is 4.74. The highest BCUT2D eigenvalue weighted by Gasteiger charge is 2.26. The van der Waals surface area contributed by atoms with Gasteiger partial charge >= 0.3 is 6.18 Å². The summed E-state index contributed by atoms with van der Waals surface area (Å²) in [6.07, 6.45) is -5.41. The van der Waals surface area contributed by atoms with Gasteiger partial charge in [-0.2, -0.15) is 13.2 Å². The second kappa shape index (κ2) is 5.87. The molecule has 0 atom stereocenters. The van der Waals surface area contributed by atoms with Crippen LogP contribution in [-0.4, -0.2) is 23.6 Å². The maximum absolute atomic E-state index is 11.9. The topological polar surface area (TPSA) is 80.0 Å². The van der Waals surface area contributed by atoms with Gasteiger partial charge in [-0.1, -0.05) is 11.6 Å². The van der Waals surface area contributed by atoms with Crippen LogP contribution in [0.2, 0.25) is 5.15 Å². The Morgan fingerprint density at radius 2 is 2.11 bits per heavy atom. The van der Waals surface area contributed by atoms with Crippen LogP contribution in [-0.2, 0) is 0 Å². The summed E-state index contributed by atoms with van der Waals surface area (Å²) >= 11 is 5.61. The van der Waals surface area contributed by atoms with Gasteiger partial charge in [0.05, 0.1) is 6.42 Å². The van der Waals surface area contributed by atoms with Crippen LogP contribution in [0.3, 0.4) is 0 Å². The molecule has 5 nitrogen and oxygen atoms in total. The van der Waals surface area contributed by atoms with Gasteiger partial charge < -0.3 is 10.7 Å². The highest BCUT2D eigenvalue weighted by molar-refractivity contribution is 6.29. The molecule has 1 aromatic rings. The molecule has 1 amide bonds. The number of hydrazine groups is 1. The van der Waals surface area contributed by atoms with Crippen molar-refractivity contribution >= 4 is 23.3 Å². The molecule has 0 aliphatic carbocycles. The largest absolute Gasteiger partial charge is 0.390 e. The van der Waals surface area contributed by atoms with Gasteiger partial charge in [0.15, 0.2) is 0 Å². The van der Waals surface area contributed by atoms with Crippen molar-refractivity contribution in [3.63, 3.8) is 0 Å². The molecular formula is C9H10ClF3N4O. The standard InChI is InChI=1S/C9H10ClF3N4O/c10-6-3-5(4-7(16-6)17-14)8(18)15-2-1-9(11,12)13/h3-4H,1-2,14H2,(H,15,18)(H,16,17). The van der Waals surface area contributed by atoms with E-state index < -0.39 is 25.0 Å². The minimum Gasteiger partial charge on any atom is -0.352 e. The molecule has 9 heteroatoms. The summed E-state index contributed by atoms with van der Waals surface area (Å²) in [7, 11) is 0. The van der Waals surface area contributed by atoms with Crippen LogP contribution in [0.15, 0.2) is 12.1 Å². The van der Waals surface area contributed by atoms with E-state index in [-0.39, 0.29) is 16.5 Å². The number of halogens is 4. The fourth-order valence-electron chi connectivity index (χ4n) is 1.12. The summed E-state index contributed by atoms with van der Waals surface area (Å²) in [6, 6.07) is 2.50. The van der Waals surface area contributed by atoms with E-state index in [1.807, 2.05) is 0 Å². The molecule has 0 radical (unpaired) electrons. The number of carbonyl (C=O) groups excluding carboxylic acids is 1. The average molecular weight is 283 g/mol. The number of carbonyl (C=O) groups is 1. The third-order valence-corrected chi connectivity index (χ3v) is 2.09. The molecule has 0 saturated heterocycles. The molecule has 0 aliphatic rings. The molecular weight excluding hydrogens is 273 g/mol. The van der Waals surface area contributed by atoms with Gasteiger partial charge in [-0.3, -0.25) is 4.79 Å². The van der Waals surface area contributed by atoms with Crippen LogP contribution >= 0.6 is 11.6 Å². The number of hydrogen-bond acceptors (Lipinski definition) is 4. The number of nitrogens with one attached hydrogen (secondary N) is 2. The van der Waals surface area contributed by atoms with Crippen LogP contribution in [0.4, 0.5) is 19.0 Å². The van der Waals surface area contributed by atoms with Crippen molar-refractivity contribution in [2.45, 2.75) is 12.6 Å². The molecule has 0 fully saturated rings. The number of alkyl halides is 3. The first-order chi connectivity index (χ1) is 8.31. The number of nitrogens with two attached hydrogens (primary N) is 1. The van der Waals surface area contributed by atoms with E-state index in [0.29, 0.717) is 0 Å². The second-order valence-corrected chi connectivity index (χ2v) is 3.72. The van der Waals surface area contributed by atoms with E-state index in [1.54, 1.807) is 0 Å². The molecule has 0 aromatic carbocycles. The minimum atomic E-state index is -4.31. The zero-order valence-corrected chi connectivity index (χ0v) is 9.77. The van der Waals surface area contributed by atoms with Gasteiger partial charge in [0.1, 0.15) is 11.0 Å². The summed E-state index contributed by atoms with van der Waals surface area (Å²) in [4.78, 5) is 15.2. The van der Waals surface area contributed by atoms with Gasteiger partial charge in [0, 0.05) is 12.1 Å². The smallest absolute Gasteiger partial charge is 0.352 e. The third-order valence-electron chi connectivity index (χ3n) is 1.90. The first kappa shape index (κ1) is 14.5. The molecule has 100 valence electrons. The zero-order valence-electron chi connectivity index (χ0n) is 9.01. The normalized spacial score (nSPS) is 11.2. The van der Waals surface area contributed by atoms with Gasteiger partial charge in [0.2, 0.25) is 0 Å². The lowest BCUT2D eigenvalue weighted by molar-refractivity contribution is -0.132. The number of amides is 1. The Hall–Kier alpha value is -1.54. The fraction of sp³-hybridized carbons (Fsp3) is 0.333. The van der Waals surface area contributed by atoms with Crippen LogP contribution in [0, 0.1) is 0 Å². The molecule has 0 bridgehead atoms. The van der Waals surface area contributed by atoms with E-state index in [1.165, 1.54) is 12.1 Å². The van der Waals surface area contributed by atoms with Crippen molar-refractivity contribution in [2.75, 3.05) is 12.0 Å². The van der Waals surface area contributed by atoms with Crippen molar-refractivity contribution < 1.29 is 18.0 Å². The Morgan fingerprint density at radius 3 is 2.67 bits per heavy atom. The minimum absolute atomic E-state index is 0.00595. The number of aromatic nitrogens is 1. The molecule has 1 rings (SSSR count). The molecule has 18 heavy (non-hydrogen) atoms. The molecule has 0 unspecified atom stereocenters. The third kappa shape index (κ3) is 4.76. The Labute approximate surface area is 105 Å². The van der Waals surface area contributed by atoms with E-state index >= 15 is 0 Å². The van der Waals surface area contributed by atoms with Crippen molar-refractivity contribution in [2.24, 2.45) is 5.84 Å². The number of pyridine rings is 1. The molecule has 4 N–H and O–H groups in total. The van der Waals surface area contributed by atoms with Crippen molar-refractivity contribution in [1.29, 1.82) is 0 Å². The summed E-state index contributed by atoms with van der Waals surface area (Å²) in [5.41, 5.74) is 2.26. The molecule has 0 saturated carbocycles. The number of rotatable bonds is 4. The fourth-order valence-corrected chi connectivity index (χ4v) is 1.33. The van der Waals surface area contributed by atoms with Gasteiger partial charge in [-0.25, -0.2) is 10.8 Å². The van der Waals surface area contributed by atoms with Crippen LogP contribution in [0.25, 0.3) is 0 Å². The molecule has 1 aromatic heterocycles. The van der Waals surface area contributed by atoms with Crippen molar-refractivity contribution in [3.05, 3.63) is 22.8 Å². The van der Waals surface area contributed by atoms with Crippen molar-refractivity contribution in [3.8, 4) is 0 Å². The van der Waals surface area contributed by atoms with Crippen LogP contribution in [0.5, 0.6) is 0 Å². The maximum Gasteiger partial charge on any atom is 0.390 e. The lowest BCUT2D eigenvalue weighted by atomic mass is 10.2. The van der Waals surface area contributed by atoms with Gasteiger partial charge in [-0.15, -0.1) is 0 Å². The summed E-state index contributed by atoms with van der Waals surface area (Å²) in [6.45, 7) is -0.506. The lowest BCUT2D eigenvalue weighted by Gasteiger charge is -2.08. The monoisotopic (exact) mass is 282 g/mol. The highest BCUT2D eigenvalue weighted by Crippen LogP contribution is 2.18. The van der Waals surface area contributed by atoms with Gasteiger partial charge in [0.25, 0.3) is 5.91 Å². The summed E-state index contributed by atoms with van der Waals surface area (Å²) in [5.74, 6) is 4.55. The van der Waals surface area contributed by atoms with Crippen LogP contribution < -0.4 is 16.6 Å². The van der Waals surface area contributed by atoms with E-state index in [2.05, 4.69) is 15.7 Å². The molecule has 1 heterocycles. The predicted molar refractivity (Wildman–Crippen MR) is 60.1 cm³/mol. The maximum atomic E-state index is 11.9. The van der Waals surface area contributed by atoms with Crippen molar-refractivity contribution in [1.82, 2.24) is 10.3 Å². The Bertz CT molecular complexity index is 438. The lowest BCUT2D eigenvalue weighted by Crippen LogP contribution is -2.28. The highest BCUT2D eigenvalue weighted by atomic mass is 35.5. The summed E-state index contributed by atoms with van der Waals surface area (Å²) < 4.78 is 35.6. The SMILES string of the molecule is NNc1cc(C(=O)NCCC(F)(F)F)cc(Cl)n1. The van der Waals surface area contributed by atoms with E-state index in [0.717, 1.165) is 0 Å². The Balaban J connectivity index is 2.64. The number of hydrogen-bond donors (Lipinski definition) is 3. The zero-order chi connectivity index (χ0) is 13.8. The number of nitrogens with zero attached hydrogens (tertiary/aromatic N) is 1. The second-order valence-electron chi connectivity index (χ2n) is 3.33. The predicted octanol–water partition coefficient (Wildman–Crippen LogP) is 1.70.